The Morgan fingerprint density at radius 2 is 2.03 bits per heavy atom. The van der Waals surface area contributed by atoms with Gasteiger partial charge in [-0.15, -0.1) is 0 Å². The zero-order valence-electron chi connectivity index (χ0n) is 17.6. The summed E-state index contributed by atoms with van der Waals surface area (Å²) in [5, 5.41) is 10.6. The van der Waals surface area contributed by atoms with Crippen LogP contribution in [0.15, 0.2) is 42.7 Å². The van der Waals surface area contributed by atoms with Crippen LogP contribution in [0.3, 0.4) is 0 Å². The zero-order chi connectivity index (χ0) is 24.5. The highest BCUT2D eigenvalue weighted by Gasteiger charge is 2.36. The second-order valence-electron chi connectivity index (χ2n) is 7.19. The van der Waals surface area contributed by atoms with Gasteiger partial charge in [0.05, 0.1) is 24.0 Å². The first-order chi connectivity index (χ1) is 16.2. The first-order valence-corrected chi connectivity index (χ1v) is 10.7. The quantitative estimate of drug-likeness (QED) is 0.361. The van der Waals surface area contributed by atoms with Gasteiger partial charge in [-0.05, 0) is 24.6 Å². The highest BCUT2D eigenvalue weighted by molar-refractivity contribution is 6.36. The molecule has 0 unspecified atom stereocenters. The predicted molar refractivity (Wildman–Crippen MR) is 119 cm³/mol. The second kappa shape index (κ2) is 9.51. The number of aromatic nitrogens is 5. The highest BCUT2D eigenvalue weighted by Crippen LogP contribution is 2.35. The highest BCUT2D eigenvalue weighted by atomic mass is 35.5. The summed E-state index contributed by atoms with van der Waals surface area (Å²) in [6, 6.07) is 7.27. The van der Waals surface area contributed by atoms with E-state index in [0.29, 0.717) is 33.8 Å². The number of amides is 1. The minimum Gasteiger partial charge on any atom is -0.497 e. The molecule has 8 nitrogen and oxygen atoms in total. The summed E-state index contributed by atoms with van der Waals surface area (Å²) in [4.78, 5) is 16.9. The van der Waals surface area contributed by atoms with Crippen molar-refractivity contribution in [2.45, 2.75) is 19.1 Å². The maximum atomic E-state index is 13.8. The molecule has 3 heterocycles. The van der Waals surface area contributed by atoms with Gasteiger partial charge in [-0.3, -0.25) is 9.48 Å². The first-order valence-electron chi connectivity index (χ1n) is 9.94. The molecule has 0 aliphatic rings. The Bertz CT molecular complexity index is 1350. The fourth-order valence-corrected chi connectivity index (χ4v) is 3.66. The van der Waals surface area contributed by atoms with E-state index in [1.54, 1.807) is 35.1 Å². The van der Waals surface area contributed by atoms with E-state index in [1.807, 2.05) is 0 Å². The number of alkyl halides is 3. The van der Waals surface area contributed by atoms with E-state index < -0.39 is 17.8 Å². The Labute approximate surface area is 201 Å². The van der Waals surface area contributed by atoms with Crippen molar-refractivity contribution >= 4 is 34.8 Å². The number of methoxy groups -OCH3 is 1. The zero-order valence-corrected chi connectivity index (χ0v) is 19.1. The number of nitrogens with one attached hydrogen (secondary N) is 1. The van der Waals surface area contributed by atoms with Crippen molar-refractivity contribution in [1.82, 2.24) is 29.7 Å². The van der Waals surface area contributed by atoms with E-state index >= 15 is 0 Å². The Morgan fingerprint density at radius 3 is 2.71 bits per heavy atom. The van der Waals surface area contributed by atoms with Crippen LogP contribution in [0.25, 0.3) is 16.9 Å². The largest absolute Gasteiger partial charge is 0.497 e. The van der Waals surface area contributed by atoms with E-state index in [1.165, 1.54) is 13.3 Å². The van der Waals surface area contributed by atoms with Gasteiger partial charge in [-0.1, -0.05) is 35.3 Å². The van der Waals surface area contributed by atoms with Crippen molar-refractivity contribution in [1.29, 1.82) is 0 Å². The average Bonchev–Trinajstić information content (AvgIpc) is 3.38. The van der Waals surface area contributed by atoms with Gasteiger partial charge in [0.1, 0.15) is 10.8 Å². The summed E-state index contributed by atoms with van der Waals surface area (Å²) in [7, 11) is 1.44. The Kier molecular flexibility index (Phi) is 6.67. The molecule has 1 aromatic carbocycles. The molecule has 0 aliphatic carbocycles. The van der Waals surface area contributed by atoms with Crippen LogP contribution in [-0.4, -0.2) is 43.9 Å². The Hall–Kier alpha value is -3.31. The molecule has 4 aromatic rings. The van der Waals surface area contributed by atoms with Crippen LogP contribution in [0.1, 0.15) is 22.6 Å². The molecule has 0 saturated carbocycles. The van der Waals surface area contributed by atoms with Crippen LogP contribution in [0, 0.1) is 0 Å². The van der Waals surface area contributed by atoms with E-state index in [0.717, 1.165) is 6.07 Å². The summed E-state index contributed by atoms with van der Waals surface area (Å²) in [5.74, 6) is -0.269. The van der Waals surface area contributed by atoms with Gasteiger partial charge in [0.25, 0.3) is 5.91 Å². The van der Waals surface area contributed by atoms with Crippen LogP contribution in [0.4, 0.5) is 13.2 Å². The lowest BCUT2D eigenvalue weighted by molar-refractivity contribution is -0.142. The van der Waals surface area contributed by atoms with Crippen LogP contribution in [-0.2, 0) is 12.7 Å². The second-order valence-corrected chi connectivity index (χ2v) is 8.00. The van der Waals surface area contributed by atoms with E-state index in [4.69, 9.17) is 27.9 Å². The molecule has 1 N–H and O–H groups in total. The van der Waals surface area contributed by atoms with E-state index in [9.17, 15) is 18.0 Å². The Morgan fingerprint density at radius 1 is 1.24 bits per heavy atom. The summed E-state index contributed by atoms with van der Waals surface area (Å²) in [6.45, 7) is 0.699. The number of nitrogens with zero attached hydrogens (tertiary/aromatic N) is 5. The number of halogens is 5. The summed E-state index contributed by atoms with van der Waals surface area (Å²) in [6.07, 6.45) is -1.15. The SMILES string of the molecule is COc1cccc(-c2cc(C(F)(F)F)n3nc(C(=O)NCCCn4cc(Cl)cn4)c(Cl)c3n2)c1. The third-order valence-corrected chi connectivity index (χ3v) is 5.40. The third-order valence-electron chi connectivity index (χ3n) is 4.86. The van der Waals surface area contributed by atoms with Crippen molar-refractivity contribution in [2.24, 2.45) is 0 Å². The lowest BCUT2D eigenvalue weighted by Gasteiger charge is -2.11. The normalized spacial score (nSPS) is 11.7. The number of carbonyl (C=O) groups excluding carboxylic acids is 1. The molecule has 0 aliphatic heterocycles. The van der Waals surface area contributed by atoms with Gasteiger partial charge >= 0.3 is 6.18 Å². The number of ether oxygens (including phenoxy) is 1. The molecule has 0 saturated heterocycles. The minimum absolute atomic E-state index is 0.00497. The number of fused-ring (bicyclic) bond motifs is 1. The van der Waals surface area contributed by atoms with Crippen molar-refractivity contribution in [3.05, 3.63) is 64.2 Å². The number of rotatable bonds is 7. The molecule has 178 valence electrons. The average molecular weight is 513 g/mol. The maximum absolute atomic E-state index is 13.8. The topological polar surface area (TPSA) is 86.3 Å². The number of carbonyl (C=O) groups is 1. The van der Waals surface area contributed by atoms with Gasteiger partial charge in [-0.25, -0.2) is 9.50 Å². The van der Waals surface area contributed by atoms with Crippen LogP contribution >= 0.6 is 23.2 Å². The maximum Gasteiger partial charge on any atom is 0.433 e. The molecule has 0 radical (unpaired) electrons. The number of hydrogen-bond acceptors (Lipinski definition) is 5. The van der Waals surface area contributed by atoms with Crippen molar-refractivity contribution in [3.63, 3.8) is 0 Å². The molecule has 0 bridgehead atoms. The summed E-state index contributed by atoms with van der Waals surface area (Å²) < 4.78 is 48.8. The number of benzene rings is 1. The minimum atomic E-state index is -4.77. The molecule has 0 spiro atoms. The lowest BCUT2D eigenvalue weighted by atomic mass is 10.1. The van der Waals surface area contributed by atoms with Gasteiger partial charge in [0.15, 0.2) is 17.0 Å². The van der Waals surface area contributed by atoms with E-state index in [-0.39, 0.29) is 28.6 Å². The first kappa shape index (κ1) is 23.8. The monoisotopic (exact) mass is 512 g/mol. The number of hydrogen-bond donors (Lipinski definition) is 1. The van der Waals surface area contributed by atoms with Crippen molar-refractivity contribution < 1.29 is 22.7 Å². The van der Waals surface area contributed by atoms with E-state index in [2.05, 4.69) is 20.5 Å². The predicted octanol–water partition coefficient (Wildman–Crippen LogP) is 4.75. The van der Waals surface area contributed by atoms with Gasteiger partial charge in [0.2, 0.25) is 0 Å². The standard InChI is InChI=1S/C21H17Cl2F3N6O2/c1-34-14-5-2-4-12(8-14)15-9-16(21(24,25)26)32-19(29-15)17(23)18(30-32)20(33)27-6-3-7-31-11-13(22)10-28-31/h2,4-5,8-11H,3,6-7H2,1H3,(H,27,33). The molecule has 13 heteroatoms. The summed E-state index contributed by atoms with van der Waals surface area (Å²) in [5.41, 5.74) is -1.37. The Balaban J connectivity index is 1.63. The lowest BCUT2D eigenvalue weighted by Crippen LogP contribution is -2.26. The number of aryl methyl sites for hydroxylation is 1. The summed E-state index contributed by atoms with van der Waals surface area (Å²) >= 11 is 12.1. The molecule has 0 atom stereocenters. The fraction of sp³-hybridized carbons (Fsp3) is 0.238. The van der Waals surface area contributed by atoms with Crippen LogP contribution in [0.5, 0.6) is 5.75 Å². The van der Waals surface area contributed by atoms with Crippen LogP contribution in [0.2, 0.25) is 10.0 Å². The molecule has 3 aromatic heterocycles. The van der Waals surface area contributed by atoms with Gasteiger partial charge < -0.3 is 10.1 Å². The van der Waals surface area contributed by atoms with Crippen molar-refractivity contribution in [2.75, 3.05) is 13.7 Å². The molecule has 34 heavy (non-hydrogen) atoms. The smallest absolute Gasteiger partial charge is 0.433 e. The fourth-order valence-electron chi connectivity index (χ4n) is 3.26. The molecule has 1 amide bonds. The molecule has 4 rings (SSSR count). The van der Waals surface area contributed by atoms with Gasteiger partial charge in [0, 0.05) is 24.8 Å². The van der Waals surface area contributed by atoms with Crippen molar-refractivity contribution in [3.8, 4) is 17.0 Å². The molecular formula is C21H17Cl2F3N6O2. The molecular weight excluding hydrogens is 496 g/mol. The molecule has 0 fully saturated rings. The van der Waals surface area contributed by atoms with Gasteiger partial charge in [-0.2, -0.15) is 23.4 Å². The third kappa shape index (κ3) is 4.95. The van der Waals surface area contributed by atoms with Crippen LogP contribution < -0.4 is 10.1 Å².